The Morgan fingerprint density at radius 2 is 1.84 bits per heavy atom. The second kappa shape index (κ2) is 6.45. The zero-order valence-corrected chi connectivity index (χ0v) is 11.3. The minimum atomic E-state index is -0.0616. The predicted octanol–water partition coefficient (Wildman–Crippen LogP) is 2.77. The number of ether oxygens (including phenoxy) is 2. The van der Waals surface area contributed by atoms with E-state index >= 15 is 0 Å². The molecule has 1 aliphatic rings. The van der Waals surface area contributed by atoms with Crippen molar-refractivity contribution < 1.29 is 14.3 Å². The van der Waals surface area contributed by atoms with Gasteiger partial charge in [0.15, 0.2) is 0 Å². The Hall–Kier alpha value is -1.71. The highest BCUT2D eigenvalue weighted by Gasteiger charge is 2.28. The summed E-state index contributed by atoms with van der Waals surface area (Å²) in [5.41, 5.74) is 6.37. The van der Waals surface area contributed by atoms with Gasteiger partial charge in [-0.25, -0.2) is 0 Å². The van der Waals surface area contributed by atoms with E-state index in [9.17, 15) is 4.79 Å². The molecule has 4 heteroatoms. The molecule has 104 valence electrons. The smallest absolute Gasteiger partial charge is 0.308 e. The van der Waals surface area contributed by atoms with Gasteiger partial charge < -0.3 is 15.2 Å². The summed E-state index contributed by atoms with van der Waals surface area (Å²) >= 11 is 0. The van der Waals surface area contributed by atoms with Gasteiger partial charge in [0.1, 0.15) is 5.75 Å². The second-order valence-corrected chi connectivity index (χ2v) is 4.91. The van der Waals surface area contributed by atoms with Gasteiger partial charge in [-0.05, 0) is 56.9 Å². The van der Waals surface area contributed by atoms with Crippen LogP contribution in [0.1, 0.15) is 32.6 Å². The molecule has 1 fully saturated rings. The molecule has 1 aromatic carbocycles. The number of carbonyl (C=O) groups excluding carboxylic acids is 1. The highest BCUT2D eigenvalue weighted by atomic mass is 16.5. The molecule has 0 spiro atoms. The lowest BCUT2D eigenvalue weighted by Crippen LogP contribution is -2.29. The first-order valence-corrected chi connectivity index (χ1v) is 6.88. The fraction of sp³-hybridized carbons (Fsp3) is 0.533. The molecule has 0 amide bonds. The largest absolute Gasteiger partial charge is 0.490 e. The molecular weight excluding hydrogens is 242 g/mol. The van der Waals surface area contributed by atoms with E-state index in [0.717, 1.165) is 37.1 Å². The Labute approximate surface area is 113 Å². The number of esters is 1. The molecule has 0 saturated heterocycles. The van der Waals surface area contributed by atoms with Crippen LogP contribution in [0, 0.1) is 5.92 Å². The summed E-state index contributed by atoms with van der Waals surface area (Å²) in [7, 11) is 0. The van der Waals surface area contributed by atoms with Crippen molar-refractivity contribution in [3.63, 3.8) is 0 Å². The molecule has 0 radical (unpaired) electrons. The van der Waals surface area contributed by atoms with E-state index in [1.807, 2.05) is 31.2 Å². The third-order valence-electron chi connectivity index (χ3n) is 3.48. The highest BCUT2D eigenvalue weighted by molar-refractivity contribution is 5.72. The first-order valence-electron chi connectivity index (χ1n) is 6.88. The minimum Gasteiger partial charge on any atom is -0.490 e. The maximum Gasteiger partial charge on any atom is 0.308 e. The van der Waals surface area contributed by atoms with Gasteiger partial charge in [-0.3, -0.25) is 4.79 Å². The van der Waals surface area contributed by atoms with E-state index in [0.29, 0.717) is 6.61 Å². The van der Waals surface area contributed by atoms with Crippen molar-refractivity contribution in [2.75, 3.05) is 12.3 Å². The molecule has 0 unspecified atom stereocenters. The maximum absolute atomic E-state index is 11.6. The van der Waals surface area contributed by atoms with E-state index in [1.54, 1.807) is 0 Å². The molecule has 0 aliphatic heterocycles. The highest BCUT2D eigenvalue weighted by Crippen LogP contribution is 2.28. The van der Waals surface area contributed by atoms with Crippen LogP contribution in [0.15, 0.2) is 24.3 Å². The van der Waals surface area contributed by atoms with Crippen LogP contribution in [0.25, 0.3) is 0 Å². The van der Waals surface area contributed by atoms with Crippen molar-refractivity contribution in [3.8, 4) is 5.75 Å². The number of benzene rings is 1. The van der Waals surface area contributed by atoms with Crippen molar-refractivity contribution in [1.29, 1.82) is 0 Å². The van der Waals surface area contributed by atoms with Gasteiger partial charge in [0.2, 0.25) is 0 Å². The molecule has 1 aliphatic carbocycles. The van der Waals surface area contributed by atoms with Gasteiger partial charge in [-0.15, -0.1) is 0 Å². The summed E-state index contributed by atoms with van der Waals surface area (Å²) in [6.07, 6.45) is 3.67. The summed E-state index contributed by atoms with van der Waals surface area (Å²) < 4.78 is 10.9. The quantitative estimate of drug-likeness (QED) is 0.670. The van der Waals surface area contributed by atoms with Crippen molar-refractivity contribution >= 4 is 11.7 Å². The van der Waals surface area contributed by atoms with Crippen LogP contribution < -0.4 is 10.5 Å². The minimum absolute atomic E-state index is 0.0474. The lowest BCUT2D eigenvalue weighted by Gasteiger charge is -2.27. The van der Waals surface area contributed by atoms with Crippen molar-refractivity contribution in [2.24, 2.45) is 5.92 Å². The van der Waals surface area contributed by atoms with Gasteiger partial charge in [0, 0.05) is 5.69 Å². The van der Waals surface area contributed by atoms with E-state index in [1.165, 1.54) is 0 Å². The van der Waals surface area contributed by atoms with Crippen LogP contribution in [-0.4, -0.2) is 18.7 Å². The summed E-state index contributed by atoms with van der Waals surface area (Å²) in [4.78, 5) is 11.6. The van der Waals surface area contributed by atoms with Gasteiger partial charge in [0.05, 0.1) is 18.6 Å². The average Bonchev–Trinajstić information content (AvgIpc) is 2.42. The third-order valence-corrected chi connectivity index (χ3v) is 3.48. The predicted molar refractivity (Wildman–Crippen MR) is 73.9 cm³/mol. The topological polar surface area (TPSA) is 61.5 Å². The molecule has 0 bridgehead atoms. The number of rotatable bonds is 4. The zero-order valence-electron chi connectivity index (χ0n) is 11.3. The molecule has 0 atom stereocenters. The molecule has 2 N–H and O–H groups in total. The Balaban J connectivity index is 1.80. The van der Waals surface area contributed by atoms with Crippen LogP contribution in [0.5, 0.6) is 5.75 Å². The first kappa shape index (κ1) is 13.7. The normalized spacial score (nSPS) is 22.8. The Kier molecular flexibility index (Phi) is 4.66. The lowest BCUT2D eigenvalue weighted by atomic mass is 9.87. The molecule has 1 saturated carbocycles. The molecule has 0 heterocycles. The molecule has 1 aromatic rings. The number of anilines is 1. The zero-order chi connectivity index (χ0) is 13.7. The first-order chi connectivity index (χ1) is 9.19. The molecule has 2 rings (SSSR count). The molecule has 0 aromatic heterocycles. The molecule has 19 heavy (non-hydrogen) atoms. The van der Waals surface area contributed by atoms with E-state index in [-0.39, 0.29) is 18.0 Å². The van der Waals surface area contributed by atoms with E-state index in [4.69, 9.17) is 15.2 Å². The van der Waals surface area contributed by atoms with Crippen LogP contribution in [-0.2, 0) is 9.53 Å². The number of hydrogen-bond donors (Lipinski definition) is 1. The fourth-order valence-corrected chi connectivity index (χ4v) is 2.42. The molecular formula is C15H21NO3. The summed E-state index contributed by atoms with van der Waals surface area (Å²) in [5.74, 6) is 0.827. The second-order valence-electron chi connectivity index (χ2n) is 4.91. The Morgan fingerprint density at radius 3 is 2.42 bits per heavy atom. The van der Waals surface area contributed by atoms with Crippen molar-refractivity contribution in [3.05, 3.63) is 24.3 Å². The van der Waals surface area contributed by atoms with Gasteiger partial charge >= 0.3 is 5.97 Å². The van der Waals surface area contributed by atoms with Crippen LogP contribution in [0.4, 0.5) is 5.69 Å². The number of carbonyl (C=O) groups is 1. The van der Waals surface area contributed by atoms with Gasteiger partial charge in [-0.2, -0.15) is 0 Å². The SMILES string of the molecule is CCOC(=O)C1CCC(Oc2ccc(N)cc2)CC1. The van der Waals surface area contributed by atoms with Crippen LogP contribution >= 0.6 is 0 Å². The monoisotopic (exact) mass is 263 g/mol. The third kappa shape index (κ3) is 3.88. The fourth-order valence-electron chi connectivity index (χ4n) is 2.42. The number of hydrogen-bond acceptors (Lipinski definition) is 4. The summed E-state index contributed by atoms with van der Waals surface area (Å²) in [6.45, 7) is 2.30. The maximum atomic E-state index is 11.6. The molecule has 4 nitrogen and oxygen atoms in total. The van der Waals surface area contributed by atoms with Crippen molar-refractivity contribution in [1.82, 2.24) is 0 Å². The standard InChI is InChI=1S/C15H21NO3/c1-2-18-15(17)11-3-7-13(8-4-11)19-14-9-5-12(16)6-10-14/h5-6,9-11,13H,2-4,7-8,16H2,1H3. The summed E-state index contributed by atoms with van der Waals surface area (Å²) in [5, 5.41) is 0. The average molecular weight is 263 g/mol. The number of nitrogen functional groups attached to an aromatic ring is 1. The number of nitrogens with two attached hydrogens (primary N) is 1. The van der Waals surface area contributed by atoms with E-state index in [2.05, 4.69) is 0 Å². The van der Waals surface area contributed by atoms with Crippen molar-refractivity contribution in [2.45, 2.75) is 38.7 Å². The summed E-state index contributed by atoms with van der Waals surface area (Å²) in [6, 6.07) is 7.43. The van der Waals surface area contributed by atoms with Crippen LogP contribution in [0.3, 0.4) is 0 Å². The lowest BCUT2D eigenvalue weighted by molar-refractivity contribution is -0.149. The Morgan fingerprint density at radius 1 is 1.21 bits per heavy atom. The van der Waals surface area contributed by atoms with Gasteiger partial charge in [0.25, 0.3) is 0 Å². The van der Waals surface area contributed by atoms with Crippen LogP contribution in [0.2, 0.25) is 0 Å². The van der Waals surface area contributed by atoms with E-state index < -0.39 is 0 Å². The Bertz CT molecular complexity index is 408. The van der Waals surface area contributed by atoms with Gasteiger partial charge in [-0.1, -0.05) is 0 Å².